The van der Waals surface area contributed by atoms with E-state index in [1.54, 1.807) is 4.90 Å². The molecule has 0 bridgehead atoms. The first-order chi connectivity index (χ1) is 7.08. The average molecular weight is 211 g/mol. The Bertz CT molecular complexity index is 409. The van der Waals surface area contributed by atoms with E-state index >= 15 is 0 Å². The molecule has 0 saturated carbocycles. The fourth-order valence-electron chi connectivity index (χ4n) is 1.23. The topological polar surface area (TPSA) is 86.3 Å². The van der Waals surface area contributed by atoms with Gasteiger partial charge in [-0.05, 0) is 13.8 Å². The molecule has 1 rings (SSSR count). The smallest absolute Gasteiger partial charge is 0.354 e. The van der Waals surface area contributed by atoms with Crippen molar-refractivity contribution in [1.29, 1.82) is 0 Å². The van der Waals surface area contributed by atoms with Crippen molar-refractivity contribution in [2.45, 2.75) is 13.8 Å². The Morgan fingerprint density at radius 2 is 2.13 bits per heavy atom. The van der Waals surface area contributed by atoms with Crippen LogP contribution in [0.1, 0.15) is 24.3 Å². The fraction of sp³-hybridized carbons (Fsp3) is 0.444. The van der Waals surface area contributed by atoms with Crippen molar-refractivity contribution in [2.75, 3.05) is 18.0 Å². The van der Waals surface area contributed by atoms with Crippen molar-refractivity contribution >= 4 is 11.9 Å². The maximum Gasteiger partial charge on any atom is 0.354 e. The molecule has 6 heteroatoms. The van der Waals surface area contributed by atoms with Crippen molar-refractivity contribution in [3.05, 3.63) is 22.1 Å². The SMILES string of the molecule is CCN(CC)c1nc(C(=O)O)cc(=O)[nH]1. The quantitative estimate of drug-likeness (QED) is 0.748. The summed E-state index contributed by atoms with van der Waals surface area (Å²) in [6.45, 7) is 5.11. The summed E-state index contributed by atoms with van der Waals surface area (Å²) in [5.41, 5.74) is -0.690. The summed E-state index contributed by atoms with van der Waals surface area (Å²) in [5, 5.41) is 8.73. The number of nitrogens with one attached hydrogen (secondary N) is 1. The highest BCUT2D eigenvalue weighted by Crippen LogP contribution is 2.04. The predicted octanol–water partition coefficient (Wildman–Crippen LogP) is 0.314. The molecular weight excluding hydrogens is 198 g/mol. The molecule has 0 aromatic carbocycles. The zero-order valence-corrected chi connectivity index (χ0v) is 8.65. The number of anilines is 1. The predicted molar refractivity (Wildman–Crippen MR) is 55.4 cm³/mol. The van der Waals surface area contributed by atoms with Gasteiger partial charge in [-0.2, -0.15) is 0 Å². The molecule has 0 aliphatic carbocycles. The molecule has 15 heavy (non-hydrogen) atoms. The normalized spacial score (nSPS) is 10.0. The van der Waals surface area contributed by atoms with Gasteiger partial charge in [-0.15, -0.1) is 0 Å². The van der Waals surface area contributed by atoms with Crippen LogP contribution in [0, 0.1) is 0 Å². The van der Waals surface area contributed by atoms with Crippen molar-refractivity contribution in [3.63, 3.8) is 0 Å². The number of aromatic nitrogens is 2. The molecule has 0 aliphatic rings. The van der Waals surface area contributed by atoms with Crippen LogP contribution in [-0.2, 0) is 0 Å². The second kappa shape index (κ2) is 4.59. The van der Waals surface area contributed by atoms with Crippen molar-refractivity contribution in [2.24, 2.45) is 0 Å². The van der Waals surface area contributed by atoms with E-state index in [0.29, 0.717) is 19.0 Å². The lowest BCUT2D eigenvalue weighted by Gasteiger charge is -2.18. The third kappa shape index (κ3) is 2.55. The molecule has 0 radical (unpaired) electrons. The Balaban J connectivity index is 3.19. The molecule has 0 atom stereocenters. The Hall–Kier alpha value is -1.85. The molecule has 1 aromatic heterocycles. The second-order valence-corrected chi connectivity index (χ2v) is 2.93. The van der Waals surface area contributed by atoms with Gasteiger partial charge in [0.2, 0.25) is 5.95 Å². The van der Waals surface area contributed by atoms with Gasteiger partial charge in [0.25, 0.3) is 5.56 Å². The van der Waals surface area contributed by atoms with Gasteiger partial charge in [0.1, 0.15) is 0 Å². The fourth-order valence-corrected chi connectivity index (χ4v) is 1.23. The van der Waals surface area contributed by atoms with Crippen LogP contribution in [0.3, 0.4) is 0 Å². The molecule has 0 saturated heterocycles. The van der Waals surface area contributed by atoms with Crippen molar-refractivity contribution in [1.82, 2.24) is 9.97 Å². The molecular formula is C9H13N3O3. The number of hydrogen-bond acceptors (Lipinski definition) is 4. The summed E-state index contributed by atoms with van der Waals surface area (Å²) in [6, 6.07) is 0.968. The van der Waals surface area contributed by atoms with E-state index in [1.807, 2.05) is 13.8 Å². The molecule has 1 heterocycles. The second-order valence-electron chi connectivity index (χ2n) is 2.93. The van der Waals surface area contributed by atoms with E-state index in [-0.39, 0.29) is 5.69 Å². The van der Waals surface area contributed by atoms with Gasteiger partial charge in [-0.3, -0.25) is 9.78 Å². The maximum absolute atomic E-state index is 11.2. The summed E-state index contributed by atoms with van der Waals surface area (Å²) >= 11 is 0. The lowest BCUT2D eigenvalue weighted by Crippen LogP contribution is -2.27. The Kier molecular flexibility index (Phi) is 3.43. The molecule has 0 aliphatic heterocycles. The van der Waals surface area contributed by atoms with E-state index in [2.05, 4.69) is 9.97 Å². The molecule has 2 N–H and O–H groups in total. The highest BCUT2D eigenvalue weighted by atomic mass is 16.4. The number of rotatable bonds is 4. The standard InChI is InChI=1S/C9H13N3O3/c1-3-12(4-2)9-10-6(8(14)15)5-7(13)11-9/h5H,3-4H2,1-2H3,(H,14,15)(H,10,11,13). The van der Waals surface area contributed by atoms with Gasteiger partial charge < -0.3 is 10.0 Å². The summed E-state index contributed by atoms with van der Waals surface area (Å²) in [4.78, 5) is 30.0. The van der Waals surface area contributed by atoms with Crippen LogP contribution >= 0.6 is 0 Å². The third-order valence-electron chi connectivity index (χ3n) is 2.01. The van der Waals surface area contributed by atoms with E-state index in [1.165, 1.54) is 0 Å². The van der Waals surface area contributed by atoms with Crippen LogP contribution in [0.2, 0.25) is 0 Å². The highest BCUT2D eigenvalue weighted by molar-refractivity contribution is 5.85. The zero-order valence-electron chi connectivity index (χ0n) is 8.65. The number of hydrogen-bond donors (Lipinski definition) is 2. The summed E-state index contributed by atoms with van der Waals surface area (Å²) in [7, 11) is 0. The first-order valence-electron chi connectivity index (χ1n) is 4.68. The number of carboxylic acid groups (broad SMARTS) is 1. The first-order valence-corrected chi connectivity index (χ1v) is 4.68. The highest BCUT2D eigenvalue weighted by Gasteiger charge is 2.10. The van der Waals surface area contributed by atoms with Gasteiger partial charge in [0.05, 0.1) is 0 Å². The summed E-state index contributed by atoms with van der Waals surface area (Å²) < 4.78 is 0. The van der Waals surface area contributed by atoms with Gasteiger partial charge in [0.15, 0.2) is 5.69 Å². The number of nitrogens with zero attached hydrogens (tertiary/aromatic N) is 2. The largest absolute Gasteiger partial charge is 0.477 e. The molecule has 0 unspecified atom stereocenters. The van der Waals surface area contributed by atoms with Crippen molar-refractivity contribution < 1.29 is 9.90 Å². The average Bonchev–Trinajstić information content (AvgIpc) is 2.18. The molecule has 0 amide bonds. The minimum Gasteiger partial charge on any atom is -0.477 e. The number of H-pyrrole nitrogens is 1. The van der Waals surface area contributed by atoms with Crippen LogP contribution in [-0.4, -0.2) is 34.1 Å². The number of carboxylic acids is 1. The van der Waals surface area contributed by atoms with E-state index in [9.17, 15) is 9.59 Å². The van der Waals surface area contributed by atoms with Crippen LogP contribution < -0.4 is 10.5 Å². The Morgan fingerprint density at radius 1 is 1.53 bits per heavy atom. The van der Waals surface area contributed by atoms with Gasteiger partial charge in [-0.1, -0.05) is 0 Å². The molecule has 1 aromatic rings. The zero-order chi connectivity index (χ0) is 11.4. The maximum atomic E-state index is 11.2. The van der Waals surface area contributed by atoms with Gasteiger partial charge in [0, 0.05) is 19.2 Å². The summed E-state index contributed by atoms with van der Waals surface area (Å²) in [5.74, 6) is -0.903. The summed E-state index contributed by atoms with van der Waals surface area (Å²) in [6.07, 6.45) is 0. The van der Waals surface area contributed by atoms with Crippen molar-refractivity contribution in [3.8, 4) is 0 Å². The molecule has 0 fully saturated rings. The number of carbonyl (C=O) groups is 1. The van der Waals surface area contributed by atoms with Crippen LogP contribution in [0.5, 0.6) is 0 Å². The monoisotopic (exact) mass is 211 g/mol. The minimum atomic E-state index is -1.20. The van der Waals surface area contributed by atoms with E-state index in [0.717, 1.165) is 6.07 Å². The van der Waals surface area contributed by atoms with E-state index < -0.39 is 11.5 Å². The number of aromatic carboxylic acids is 1. The van der Waals surface area contributed by atoms with Crippen LogP contribution in [0.15, 0.2) is 10.9 Å². The lowest BCUT2D eigenvalue weighted by molar-refractivity contribution is 0.0690. The first kappa shape index (κ1) is 11.2. The molecule has 6 nitrogen and oxygen atoms in total. The molecule has 82 valence electrons. The molecule has 0 spiro atoms. The van der Waals surface area contributed by atoms with Gasteiger partial charge >= 0.3 is 5.97 Å². The number of aromatic amines is 1. The Morgan fingerprint density at radius 3 is 2.60 bits per heavy atom. The lowest BCUT2D eigenvalue weighted by atomic mass is 10.4. The van der Waals surface area contributed by atoms with E-state index in [4.69, 9.17) is 5.11 Å². The third-order valence-corrected chi connectivity index (χ3v) is 2.01. The Labute approximate surface area is 86.6 Å². The minimum absolute atomic E-state index is 0.236. The van der Waals surface area contributed by atoms with Crippen LogP contribution in [0.25, 0.3) is 0 Å². The van der Waals surface area contributed by atoms with Crippen LogP contribution in [0.4, 0.5) is 5.95 Å². The van der Waals surface area contributed by atoms with Gasteiger partial charge in [-0.25, -0.2) is 9.78 Å².